The molecule has 0 unspecified atom stereocenters. The highest BCUT2D eigenvalue weighted by Gasteiger charge is 2.32. The van der Waals surface area contributed by atoms with Crippen LogP contribution >= 0.6 is 0 Å². The highest BCUT2D eigenvalue weighted by molar-refractivity contribution is 5.96. The number of aromatic nitrogens is 2. The molecule has 120 valence electrons. The van der Waals surface area contributed by atoms with E-state index in [1.54, 1.807) is 4.90 Å². The molecule has 0 spiro atoms. The molecule has 1 saturated heterocycles. The lowest BCUT2D eigenvalue weighted by atomic mass is 9.95. The Balaban J connectivity index is 1.78. The smallest absolute Gasteiger partial charge is 0.319 e. The molecule has 3 rings (SSSR count). The van der Waals surface area contributed by atoms with Crippen molar-refractivity contribution >= 4 is 11.6 Å². The van der Waals surface area contributed by atoms with Gasteiger partial charge in [0.25, 0.3) is 5.91 Å². The van der Waals surface area contributed by atoms with E-state index < -0.39 is 4.92 Å². The molecule has 1 N–H and O–H groups in total. The zero-order valence-corrected chi connectivity index (χ0v) is 13.1. The Morgan fingerprint density at radius 2 is 2.04 bits per heavy atom. The van der Waals surface area contributed by atoms with E-state index in [9.17, 15) is 14.9 Å². The number of nitrogens with one attached hydrogen (secondary N) is 1. The first-order valence-corrected chi connectivity index (χ1v) is 7.51. The number of hydrogen-bond acceptors (Lipinski definition) is 4. The van der Waals surface area contributed by atoms with Gasteiger partial charge in [-0.1, -0.05) is 29.3 Å². The number of nitrogens with zero attached hydrogens (tertiary/aromatic N) is 3. The third kappa shape index (κ3) is 2.94. The van der Waals surface area contributed by atoms with Crippen LogP contribution in [-0.2, 0) is 0 Å². The van der Waals surface area contributed by atoms with Crippen molar-refractivity contribution in [3.63, 3.8) is 0 Å². The Morgan fingerprint density at radius 3 is 2.70 bits per heavy atom. The Hall–Kier alpha value is -2.70. The lowest BCUT2D eigenvalue weighted by Gasteiger charge is -2.16. The van der Waals surface area contributed by atoms with Crippen molar-refractivity contribution in [2.24, 2.45) is 0 Å². The van der Waals surface area contributed by atoms with Gasteiger partial charge in [0.1, 0.15) is 6.20 Å². The molecule has 0 radical (unpaired) electrons. The van der Waals surface area contributed by atoms with Gasteiger partial charge < -0.3 is 4.90 Å². The van der Waals surface area contributed by atoms with Crippen LogP contribution in [0, 0.1) is 24.0 Å². The number of aryl methyl sites for hydroxylation is 2. The fourth-order valence-corrected chi connectivity index (χ4v) is 3.20. The Morgan fingerprint density at radius 1 is 1.35 bits per heavy atom. The summed E-state index contributed by atoms with van der Waals surface area (Å²) in [5, 5.41) is 17.0. The minimum atomic E-state index is -0.589. The molecule has 2 heterocycles. The molecule has 2 aromatic rings. The zero-order chi connectivity index (χ0) is 16.6. The predicted molar refractivity (Wildman–Crippen MR) is 84.4 cm³/mol. The van der Waals surface area contributed by atoms with Crippen molar-refractivity contribution in [3.8, 4) is 0 Å². The third-order valence-corrected chi connectivity index (χ3v) is 4.22. The van der Waals surface area contributed by atoms with Gasteiger partial charge >= 0.3 is 5.69 Å². The fraction of sp³-hybridized carbons (Fsp3) is 0.375. The summed E-state index contributed by atoms with van der Waals surface area (Å²) in [6, 6.07) is 6.41. The zero-order valence-electron chi connectivity index (χ0n) is 13.1. The van der Waals surface area contributed by atoms with Crippen LogP contribution in [0.4, 0.5) is 5.69 Å². The lowest BCUT2D eigenvalue weighted by molar-refractivity contribution is -0.385. The van der Waals surface area contributed by atoms with Crippen LogP contribution < -0.4 is 0 Å². The maximum absolute atomic E-state index is 12.5. The molecule has 1 atom stereocenters. The molecule has 1 aliphatic rings. The van der Waals surface area contributed by atoms with Crippen molar-refractivity contribution < 1.29 is 9.72 Å². The van der Waals surface area contributed by atoms with Crippen molar-refractivity contribution in [3.05, 3.63) is 56.9 Å². The maximum Gasteiger partial charge on any atom is 0.319 e. The van der Waals surface area contributed by atoms with Crippen LogP contribution in [0.15, 0.2) is 24.4 Å². The molecular weight excluding hydrogens is 296 g/mol. The van der Waals surface area contributed by atoms with Crippen LogP contribution in [0.25, 0.3) is 0 Å². The summed E-state index contributed by atoms with van der Waals surface area (Å²) in [7, 11) is 0. The topological polar surface area (TPSA) is 92.1 Å². The molecule has 23 heavy (non-hydrogen) atoms. The van der Waals surface area contributed by atoms with Gasteiger partial charge in [-0.3, -0.25) is 20.0 Å². The summed E-state index contributed by atoms with van der Waals surface area (Å²) in [5.41, 5.74) is 3.31. The largest absolute Gasteiger partial charge is 0.336 e. The minimum absolute atomic E-state index is 0.0453. The summed E-state index contributed by atoms with van der Waals surface area (Å²) in [6.07, 6.45) is 1.93. The number of H-pyrrole nitrogens is 1. The highest BCUT2D eigenvalue weighted by atomic mass is 16.6. The van der Waals surface area contributed by atoms with Gasteiger partial charge in [0.15, 0.2) is 0 Å². The number of nitro groups is 1. The highest BCUT2D eigenvalue weighted by Crippen LogP contribution is 2.30. The Labute approximate surface area is 133 Å². The monoisotopic (exact) mass is 314 g/mol. The first-order valence-electron chi connectivity index (χ1n) is 7.51. The van der Waals surface area contributed by atoms with Gasteiger partial charge in [0.05, 0.1) is 4.92 Å². The molecule has 0 bridgehead atoms. The van der Waals surface area contributed by atoms with Crippen LogP contribution in [0.3, 0.4) is 0 Å². The number of carbonyl (C=O) groups excluding carboxylic acids is 1. The van der Waals surface area contributed by atoms with E-state index in [1.165, 1.54) is 16.7 Å². The molecule has 7 heteroatoms. The van der Waals surface area contributed by atoms with Crippen LogP contribution in [0.1, 0.15) is 39.5 Å². The van der Waals surface area contributed by atoms with E-state index in [-0.39, 0.29) is 23.2 Å². The number of aromatic amines is 1. The number of carbonyl (C=O) groups is 1. The number of benzene rings is 1. The quantitative estimate of drug-likeness (QED) is 0.696. The number of amides is 1. The van der Waals surface area contributed by atoms with E-state index >= 15 is 0 Å². The van der Waals surface area contributed by atoms with Gasteiger partial charge in [0, 0.05) is 19.0 Å². The maximum atomic E-state index is 12.5. The number of hydrogen-bond donors (Lipinski definition) is 1. The summed E-state index contributed by atoms with van der Waals surface area (Å²) in [4.78, 5) is 24.5. The lowest BCUT2D eigenvalue weighted by Crippen LogP contribution is -2.29. The van der Waals surface area contributed by atoms with Crippen molar-refractivity contribution in [2.45, 2.75) is 26.2 Å². The average Bonchev–Trinajstić information content (AvgIpc) is 3.15. The summed E-state index contributed by atoms with van der Waals surface area (Å²) < 4.78 is 0. The molecule has 0 aliphatic carbocycles. The normalized spacial score (nSPS) is 17.5. The third-order valence-electron chi connectivity index (χ3n) is 4.22. The second kappa shape index (κ2) is 5.83. The van der Waals surface area contributed by atoms with Crippen molar-refractivity contribution in [2.75, 3.05) is 13.1 Å². The Kier molecular flexibility index (Phi) is 3.85. The SMILES string of the molecule is Cc1cc(C)cc([C@H]2CCN(C(=O)c3[nH]ncc3[N+](=O)[O-])C2)c1. The molecule has 1 amide bonds. The van der Waals surface area contributed by atoms with Gasteiger partial charge in [-0.15, -0.1) is 0 Å². The van der Waals surface area contributed by atoms with E-state index in [0.717, 1.165) is 12.6 Å². The molecule has 1 aromatic heterocycles. The second-order valence-electron chi connectivity index (χ2n) is 6.05. The average molecular weight is 314 g/mol. The van der Waals surface area contributed by atoms with Crippen LogP contribution in [0.5, 0.6) is 0 Å². The van der Waals surface area contributed by atoms with E-state index in [4.69, 9.17) is 0 Å². The first-order chi connectivity index (χ1) is 11.0. The van der Waals surface area contributed by atoms with E-state index in [0.29, 0.717) is 13.1 Å². The fourth-order valence-electron chi connectivity index (χ4n) is 3.20. The van der Waals surface area contributed by atoms with Crippen LogP contribution in [-0.4, -0.2) is 39.0 Å². The van der Waals surface area contributed by atoms with E-state index in [1.807, 2.05) is 0 Å². The summed E-state index contributed by atoms with van der Waals surface area (Å²) in [6.45, 7) is 5.27. The molecule has 1 aliphatic heterocycles. The standard InChI is InChI=1S/C16H18N4O3/c1-10-5-11(2)7-13(6-10)12-3-4-19(9-12)16(21)15-14(20(22)23)8-17-18-15/h5-8,12H,3-4,9H2,1-2H3,(H,17,18)/t12-/m0/s1. The number of likely N-dealkylation sites (tertiary alicyclic amines) is 1. The minimum Gasteiger partial charge on any atom is -0.336 e. The van der Waals surface area contributed by atoms with E-state index in [2.05, 4.69) is 42.2 Å². The summed E-state index contributed by atoms with van der Waals surface area (Å²) in [5.74, 6) is -0.0967. The predicted octanol–water partition coefficient (Wildman–Crippen LogP) is 2.56. The molecule has 7 nitrogen and oxygen atoms in total. The van der Waals surface area contributed by atoms with Gasteiger partial charge in [-0.2, -0.15) is 5.10 Å². The molecular formula is C16H18N4O3. The molecule has 0 saturated carbocycles. The first kappa shape index (κ1) is 15.2. The van der Waals surface area contributed by atoms with Crippen LogP contribution in [0.2, 0.25) is 0 Å². The van der Waals surface area contributed by atoms with Crippen molar-refractivity contribution in [1.82, 2.24) is 15.1 Å². The second-order valence-corrected chi connectivity index (χ2v) is 6.05. The number of rotatable bonds is 3. The molecule has 1 fully saturated rings. The Bertz CT molecular complexity index is 748. The van der Waals surface area contributed by atoms with Gasteiger partial charge in [0.2, 0.25) is 5.69 Å². The molecule has 1 aromatic carbocycles. The van der Waals surface area contributed by atoms with Gasteiger partial charge in [-0.05, 0) is 25.8 Å². The van der Waals surface area contributed by atoms with Gasteiger partial charge in [-0.25, -0.2) is 0 Å². The summed E-state index contributed by atoms with van der Waals surface area (Å²) >= 11 is 0. The van der Waals surface area contributed by atoms with Crippen molar-refractivity contribution in [1.29, 1.82) is 0 Å².